The van der Waals surface area contributed by atoms with Crippen molar-refractivity contribution in [3.63, 3.8) is 0 Å². The van der Waals surface area contributed by atoms with E-state index in [2.05, 4.69) is 9.97 Å². The Bertz CT molecular complexity index is 744. The molecule has 0 spiro atoms. The first-order valence-corrected chi connectivity index (χ1v) is 7.72. The number of benzene rings is 1. The summed E-state index contributed by atoms with van der Waals surface area (Å²) < 4.78 is 51.7. The molecule has 0 aliphatic rings. The van der Waals surface area contributed by atoms with Crippen molar-refractivity contribution in [2.75, 3.05) is 7.05 Å². The molecule has 2 rings (SSSR count). The Morgan fingerprint density at radius 3 is 2.57 bits per heavy atom. The fraction of sp³-hybridized carbons (Fsp3) is 0.308. The molecule has 0 fully saturated rings. The van der Waals surface area contributed by atoms with Crippen LogP contribution in [0.4, 0.5) is 8.78 Å². The van der Waals surface area contributed by atoms with E-state index in [9.17, 15) is 17.2 Å². The first-order chi connectivity index (χ1) is 9.84. The molecule has 1 aromatic heterocycles. The number of sulfonamides is 1. The molecule has 1 aromatic carbocycles. The van der Waals surface area contributed by atoms with Gasteiger partial charge in [0.1, 0.15) is 5.82 Å². The quantitative estimate of drug-likeness (QED) is 0.918. The van der Waals surface area contributed by atoms with Gasteiger partial charge in [0, 0.05) is 20.0 Å². The highest BCUT2D eigenvalue weighted by Crippen LogP contribution is 2.16. The maximum Gasteiger partial charge on any atom is 0.260 e. The lowest BCUT2D eigenvalue weighted by Crippen LogP contribution is -2.26. The van der Waals surface area contributed by atoms with Crippen LogP contribution >= 0.6 is 0 Å². The first-order valence-electron chi connectivity index (χ1n) is 6.28. The highest BCUT2D eigenvalue weighted by molar-refractivity contribution is 7.89. The van der Waals surface area contributed by atoms with Crippen LogP contribution in [0.15, 0.2) is 29.4 Å². The van der Waals surface area contributed by atoms with Crippen LogP contribution in [0.1, 0.15) is 18.3 Å². The SMILES string of the molecule is CCc1ncc(S(=O)(=O)N(C)Cc2ccc(F)c(F)c2)[nH]1. The number of hydrogen-bond donors (Lipinski definition) is 1. The number of aryl methyl sites for hydroxylation is 1. The van der Waals surface area contributed by atoms with E-state index < -0.39 is 21.7 Å². The van der Waals surface area contributed by atoms with Gasteiger partial charge in [0.25, 0.3) is 10.0 Å². The van der Waals surface area contributed by atoms with Gasteiger partial charge in [-0.2, -0.15) is 4.31 Å². The van der Waals surface area contributed by atoms with Gasteiger partial charge in [0.2, 0.25) is 0 Å². The molecular weight excluding hydrogens is 300 g/mol. The van der Waals surface area contributed by atoms with Gasteiger partial charge in [-0.1, -0.05) is 13.0 Å². The van der Waals surface area contributed by atoms with Crippen LogP contribution < -0.4 is 0 Å². The third kappa shape index (κ3) is 3.27. The van der Waals surface area contributed by atoms with E-state index in [0.29, 0.717) is 17.8 Å². The molecule has 21 heavy (non-hydrogen) atoms. The molecule has 0 aliphatic heterocycles. The molecule has 0 saturated carbocycles. The van der Waals surface area contributed by atoms with Crippen molar-refractivity contribution >= 4 is 10.0 Å². The summed E-state index contributed by atoms with van der Waals surface area (Å²) in [4.78, 5) is 6.66. The minimum Gasteiger partial charge on any atom is -0.332 e. The molecule has 2 aromatic rings. The van der Waals surface area contributed by atoms with Crippen LogP contribution in [0.3, 0.4) is 0 Å². The number of halogens is 2. The van der Waals surface area contributed by atoms with Crippen LogP contribution in [0, 0.1) is 11.6 Å². The highest BCUT2D eigenvalue weighted by Gasteiger charge is 2.23. The van der Waals surface area contributed by atoms with E-state index in [1.165, 1.54) is 19.3 Å². The zero-order valence-corrected chi connectivity index (χ0v) is 12.4. The summed E-state index contributed by atoms with van der Waals surface area (Å²) in [6, 6.07) is 3.29. The van der Waals surface area contributed by atoms with Crippen molar-refractivity contribution in [3.05, 3.63) is 47.4 Å². The second kappa shape index (κ2) is 5.90. The largest absolute Gasteiger partial charge is 0.332 e. The normalized spacial score (nSPS) is 12.0. The predicted octanol–water partition coefficient (Wildman–Crippen LogP) is 2.07. The molecule has 0 bridgehead atoms. The van der Waals surface area contributed by atoms with Gasteiger partial charge in [-0.3, -0.25) is 0 Å². The highest BCUT2D eigenvalue weighted by atomic mass is 32.2. The third-order valence-corrected chi connectivity index (χ3v) is 4.73. The maximum atomic E-state index is 13.1. The van der Waals surface area contributed by atoms with Crippen molar-refractivity contribution in [3.8, 4) is 0 Å². The third-order valence-electron chi connectivity index (χ3n) is 3.02. The molecular formula is C13H15F2N3O2S. The van der Waals surface area contributed by atoms with Gasteiger partial charge >= 0.3 is 0 Å². The molecule has 1 N–H and O–H groups in total. The second-order valence-electron chi connectivity index (χ2n) is 4.56. The lowest BCUT2D eigenvalue weighted by molar-refractivity contribution is 0.459. The summed E-state index contributed by atoms with van der Waals surface area (Å²) in [6.07, 6.45) is 1.83. The van der Waals surface area contributed by atoms with Gasteiger partial charge < -0.3 is 4.98 Å². The number of hydrogen-bond acceptors (Lipinski definition) is 3. The molecule has 0 amide bonds. The second-order valence-corrected chi connectivity index (χ2v) is 6.57. The maximum absolute atomic E-state index is 13.1. The number of H-pyrrole nitrogens is 1. The number of aromatic amines is 1. The van der Waals surface area contributed by atoms with Crippen LogP contribution in [0.5, 0.6) is 0 Å². The summed E-state index contributed by atoms with van der Waals surface area (Å²) in [5.74, 6) is -1.41. The topological polar surface area (TPSA) is 66.1 Å². The van der Waals surface area contributed by atoms with E-state index in [-0.39, 0.29) is 11.6 Å². The zero-order chi connectivity index (χ0) is 15.6. The number of aromatic nitrogens is 2. The van der Waals surface area contributed by atoms with Gasteiger partial charge in [0.05, 0.1) is 6.20 Å². The predicted molar refractivity (Wildman–Crippen MR) is 73.0 cm³/mol. The van der Waals surface area contributed by atoms with Crippen molar-refractivity contribution in [1.82, 2.24) is 14.3 Å². The van der Waals surface area contributed by atoms with Gasteiger partial charge in [-0.25, -0.2) is 22.2 Å². The average Bonchev–Trinajstić information content (AvgIpc) is 2.92. The smallest absolute Gasteiger partial charge is 0.260 e. The number of nitrogens with one attached hydrogen (secondary N) is 1. The van der Waals surface area contributed by atoms with Crippen molar-refractivity contribution < 1.29 is 17.2 Å². The molecule has 114 valence electrons. The van der Waals surface area contributed by atoms with Gasteiger partial charge in [-0.05, 0) is 17.7 Å². The number of rotatable bonds is 5. The van der Waals surface area contributed by atoms with Crippen LogP contribution in [0.2, 0.25) is 0 Å². The molecule has 0 saturated heterocycles. The van der Waals surface area contributed by atoms with Crippen LogP contribution in [0.25, 0.3) is 0 Å². The van der Waals surface area contributed by atoms with Crippen molar-refractivity contribution in [1.29, 1.82) is 0 Å². The molecule has 0 unspecified atom stereocenters. The summed E-state index contributed by atoms with van der Waals surface area (Å²) in [6.45, 7) is 1.78. The van der Waals surface area contributed by atoms with Crippen molar-refractivity contribution in [2.24, 2.45) is 0 Å². The lowest BCUT2D eigenvalue weighted by Gasteiger charge is -2.16. The molecule has 0 aliphatic carbocycles. The summed E-state index contributed by atoms with van der Waals surface area (Å²) in [5.41, 5.74) is 0.357. The van der Waals surface area contributed by atoms with E-state index in [1.54, 1.807) is 0 Å². The van der Waals surface area contributed by atoms with Crippen LogP contribution in [-0.4, -0.2) is 29.7 Å². The Hall–Kier alpha value is -1.80. The summed E-state index contributed by atoms with van der Waals surface area (Å²) in [5, 5.41) is -0.0237. The molecule has 8 heteroatoms. The van der Waals surface area contributed by atoms with Crippen molar-refractivity contribution in [2.45, 2.75) is 24.9 Å². The monoisotopic (exact) mass is 315 g/mol. The van der Waals surface area contributed by atoms with E-state index in [1.807, 2.05) is 6.92 Å². The molecule has 0 radical (unpaired) electrons. The fourth-order valence-electron chi connectivity index (χ4n) is 1.80. The van der Waals surface area contributed by atoms with Gasteiger partial charge in [-0.15, -0.1) is 0 Å². The number of nitrogens with zero attached hydrogens (tertiary/aromatic N) is 2. The first kappa shape index (κ1) is 15.6. The zero-order valence-electron chi connectivity index (χ0n) is 11.6. The average molecular weight is 315 g/mol. The Morgan fingerprint density at radius 1 is 1.29 bits per heavy atom. The lowest BCUT2D eigenvalue weighted by atomic mass is 10.2. The molecule has 5 nitrogen and oxygen atoms in total. The minimum absolute atomic E-state index is 0.0237. The standard InChI is InChI=1S/C13H15F2N3O2S/c1-3-12-16-7-13(17-12)21(19,20)18(2)8-9-4-5-10(14)11(15)6-9/h4-7H,3,8H2,1-2H3,(H,16,17). The number of imidazole rings is 1. The van der Waals surface area contributed by atoms with Crippen LogP contribution in [-0.2, 0) is 23.0 Å². The van der Waals surface area contributed by atoms with E-state index in [4.69, 9.17) is 0 Å². The van der Waals surface area contributed by atoms with Gasteiger partial charge in [0.15, 0.2) is 16.7 Å². The van der Waals surface area contributed by atoms with E-state index >= 15 is 0 Å². The molecule has 0 atom stereocenters. The fourth-order valence-corrected chi connectivity index (χ4v) is 2.89. The molecule has 1 heterocycles. The minimum atomic E-state index is -3.75. The Kier molecular flexibility index (Phi) is 4.38. The summed E-state index contributed by atoms with van der Waals surface area (Å²) >= 11 is 0. The Balaban J connectivity index is 2.21. The van der Waals surface area contributed by atoms with E-state index in [0.717, 1.165) is 16.4 Å². The Labute approximate surface area is 121 Å². The Morgan fingerprint density at radius 2 is 2.00 bits per heavy atom. The summed E-state index contributed by atoms with van der Waals surface area (Å²) in [7, 11) is -2.39.